The average molecular weight is 557 g/mol. The van der Waals surface area contributed by atoms with Crippen molar-refractivity contribution in [2.24, 2.45) is 29.1 Å². The number of hydrogen-bond acceptors (Lipinski definition) is 9. The van der Waals surface area contributed by atoms with E-state index in [0.717, 1.165) is 0 Å². The second-order valence-electron chi connectivity index (χ2n) is 12.1. The molecule has 10 heteroatoms. The van der Waals surface area contributed by atoms with E-state index < -0.39 is 53.6 Å². The number of fused-ring (bicyclic) bond motifs is 2. The quantitative estimate of drug-likeness (QED) is 0.428. The van der Waals surface area contributed by atoms with Gasteiger partial charge in [0, 0.05) is 75.8 Å². The molecule has 0 spiro atoms. The molecule has 9 atom stereocenters. The fourth-order valence-corrected chi connectivity index (χ4v) is 7.96. The highest BCUT2D eigenvalue weighted by Crippen LogP contribution is 2.59. The van der Waals surface area contributed by atoms with Crippen molar-refractivity contribution < 1.29 is 38.5 Å². The van der Waals surface area contributed by atoms with Gasteiger partial charge in [0.1, 0.15) is 18.3 Å². The van der Waals surface area contributed by atoms with Crippen LogP contribution in [-0.4, -0.2) is 95.9 Å². The number of benzene rings is 1. The van der Waals surface area contributed by atoms with Gasteiger partial charge in [0.25, 0.3) is 5.91 Å². The monoisotopic (exact) mass is 556 g/mol. The van der Waals surface area contributed by atoms with Crippen molar-refractivity contribution in [1.82, 2.24) is 9.80 Å². The van der Waals surface area contributed by atoms with E-state index in [0.29, 0.717) is 51.1 Å². The molecule has 2 saturated carbocycles. The molecule has 2 saturated heterocycles. The predicted molar refractivity (Wildman–Crippen MR) is 143 cm³/mol. The molecule has 0 aromatic heterocycles. The first kappa shape index (κ1) is 28.5. The van der Waals surface area contributed by atoms with Crippen LogP contribution in [0.15, 0.2) is 30.3 Å². The SMILES string of the molecule is CC(=O)O[C@H]1C[C@@H](OC(C)=O)[C@H]2[C@H](C)C[C@@H]3OC(=O)[C@@H](CN4CCN(C(=O)c5ccccc5)CC4)[C@H]3[C@H](O)[C@@]21C. The lowest BCUT2D eigenvalue weighted by Crippen LogP contribution is -2.54. The molecule has 4 fully saturated rings. The molecule has 1 aromatic carbocycles. The summed E-state index contributed by atoms with van der Waals surface area (Å²) < 4.78 is 17.3. The molecule has 10 nitrogen and oxygen atoms in total. The van der Waals surface area contributed by atoms with Crippen LogP contribution in [0.25, 0.3) is 0 Å². The lowest BCUT2D eigenvalue weighted by molar-refractivity contribution is -0.165. The minimum absolute atomic E-state index is 0.00665. The molecule has 1 amide bonds. The fraction of sp³-hybridized carbons (Fsp3) is 0.667. The highest BCUT2D eigenvalue weighted by atomic mass is 16.6. The Labute approximate surface area is 234 Å². The smallest absolute Gasteiger partial charge is 0.311 e. The highest BCUT2D eigenvalue weighted by molar-refractivity contribution is 5.94. The second-order valence-corrected chi connectivity index (χ2v) is 12.1. The molecule has 4 aliphatic rings. The third-order valence-electron chi connectivity index (χ3n) is 9.70. The van der Waals surface area contributed by atoms with Gasteiger partial charge in [-0.3, -0.25) is 24.1 Å². The van der Waals surface area contributed by atoms with Crippen molar-refractivity contribution in [3.8, 4) is 0 Å². The first-order chi connectivity index (χ1) is 19.0. The van der Waals surface area contributed by atoms with Gasteiger partial charge in [-0.1, -0.05) is 32.0 Å². The maximum atomic E-state index is 13.2. The molecule has 0 unspecified atom stereocenters. The molecule has 2 aliphatic heterocycles. The topological polar surface area (TPSA) is 123 Å². The molecular formula is C30H40N2O8. The summed E-state index contributed by atoms with van der Waals surface area (Å²) in [5.74, 6) is -2.61. The Morgan fingerprint density at radius 3 is 2.30 bits per heavy atom. The Balaban J connectivity index is 1.34. The number of rotatable bonds is 5. The molecule has 218 valence electrons. The van der Waals surface area contributed by atoms with Crippen molar-refractivity contribution >= 4 is 23.8 Å². The summed E-state index contributed by atoms with van der Waals surface area (Å²) in [5.41, 5.74) is -0.278. The van der Waals surface area contributed by atoms with Crippen LogP contribution in [0.5, 0.6) is 0 Å². The minimum atomic E-state index is -1.02. The number of piperazine rings is 1. The second kappa shape index (κ2) is 11.1. The Morgan fingerprint density at radius 2 is 1.68 bits per heavy atom. The molecule has 1 aromatic rings. The van der Waals surface area contributed by atoms with Crippen molar-refractivity contribution in [3.63, 3.8) is 0 Å². The van der Waals surface area contributed by atoms with Crippen LogP contribution < -0.4 is 0 Å². The van der Waals surface area contributed by atoms with Gasteiger partial charge in [0.05, 0.1) is 12.0 Å². The maximum absolute atomic E-state index is 13.2. The van der Waals surface area contributed by atoms with Gasteiger partial charge >= 0.3 is 17.9 Å². The number of aliphatic hydroxyl groups is 1. The van der Waals surface area contributed by atoms with Gasteiger partial charge < -0.3 is 24.2 Å². The van der Waals surface area contributed by atoms with Gasteiger partial charge in [-0.25, -0.2) is 0 Å². The van der Waals surface area contributed by atoms with Crippen LogP contribution in [0.2, 0.25) is 0 Å². The number of carbonyl (C=O) groups is 4. The van der Waals surface area contributed by atoms with Gasteiger partial charge in [-0.15, -0.1) is 0 Å². The third-order valence-corrected chi connectivity index (χ3v) is 9.70. The van der Waals surface area contributed by atoms with Crippen LogP contribution in [0.4, 0.5) is 0 Å². The standard InChI is InChI=1S/C30H40N2O8/c1-17-14-22-25(27(35)30(4)24(39-19(3)34)15-23(26(17)30)38-18(2)33)21(29(37)40-22)16-31-10-12-32(13-11-31)28(36)20-8-6-5-7-9-20/h5-9,17,21-27,35H,10-16H2,1-4H3/t17-,21+,22+,23-,24+,25-,26-,27+,30-/m1/s1. The van der Waals surface area contributed by atoms with E-state index in [-0.39, 0.29) is 23.7 Å². The Bertz CT molecular complexity index is 1140. The lowest BCUT2D eigenvalue weighted by atomic mass is 9.66. The van der Waals surface area contributed by atoms with Gasteiger partial charge in [0.15, 0.2) is 0 Å². The van der Waals surface area contributed by atoms with E-state index >= 15 is 0 Å². The fourth-order valence-electron chi connectivity index (χ4n) is 7.96. The van der Waals surface area contributed by atoms with Crippen LogP contribution in [-0.2, 0) is 28.6 Å². The van der Waals surface area contributed by atoms with Crippen molar-refractivity contribution in [1.29, 1.82) is 0 Å². The molecule has 2 heterocycles. The molecule has 1 N–H and O–H groups in total. The largest absolute Gasteiger partial charge is 0.462 e. The highest BCUT2D eigenvalue weighted by Gasteiger charge is 2.67. The average Bonchev–Trinajstić information content (AvgIpc) is 3.33. The van der Waals surface area contributed by atoms with Crippen LogP contribution in [0.1, 0.15) is 50.9 Å². The predicted octanol–water partition coefficient (Wildman–Crippen LogP) is 1.89. The molecule has 0 radical (unpaired) electrons. The number of aliphatic hydroxyl groups excluding tert-OH is 1. The minimum Gasteiger partial charge on any atom is -0.462 e. The molecule has 40 heavy (non-hydrogen) atoms. The van der Waals surface area contributed by atoms with E-state index in [1.54, 1.807) is 0 Å². The Kier molecular flexibility index (Phi) is 7.94. The normalized spacial score (nSPS) is 37.6. The summed E-state index contributed by atoms with van der Waals surface area (Å²) >= 11 is 0. The van der Waals surface area contributed by atoms with Crippen LogP contribution in [0.3, 0.4) is 0 Å². The number of carbonyl (C=O) groups excluding carboxylic acids is 4. The zero-order valence-electron chi connectivity index (χ0n) is 23.7. The van der Waals surface area contributed by atoms with E-state index in [1.165, 1.54) is 13.8 Å². The van der Waals surface area contributed by atoms with Crippen LogP contribution in [0, 0.1) is 29.1 Å². The Morgan fingerprint density at radius 1 is 1.02 bits per heavy atom. The number of amides is 1. The Hall–Kier alpha value is -2.98. The summed E-state index contributed by atoms with van der Waals surface area (Å²) in [5, 5.41) is 12.1. The summed E-state index contributed by atoms with van der Waals surface area (Å²) in [6.07, 6.45) is -1.86. The maximum Gasteiger partial charge on any atom is 0.311 e. The van der Waals surface area contributed by atoms with Gasteiger partial charge in [-0.2, -0.15) is 0 Å². The van der Waals surface area contributed by atoms with Gasteiger partial charge in [-0.05, 0) is 24.5 Å². The molecule has 2 aliphatic carbocycles. The van der Waals surface area contributed by atoms with Crippen LogP contribution >= 0.6 is 0 Å². The van der Waals surface area contributed by atoms with Gasteiger partial charge in [0.2, 0.25) is 0 Å². The van der Waals surface area contributed by atoms with E-state index in [4.69, 9.17) is 14.2 Å². The van der Waals surface area contributed by atoms with Crippen molar-refractivity contribution in [3.05, 3.63) is 35.9 Å². The summed E-state index contributed by atoms with van der Waals surface area (Å²) in [7, 11) is 0. The first-order valence-electron chi connectivity index (χ1n) is 14.3. The number of hydrogen-bond donors (Lipinski definition) is 1. The zero-order chi connectivity index (χ0) is 28.8. The zero-order valence-corrected chi connectivity index (χ0v) is 23.7. The van der Waals surface area contributed by atoms with Crippen molar-refractivity contribution in [2.45, 2.75) is 65.0 Å². The lowest BCUT2D eigenvalue weighted by Gasteiger charge is -2.43. The summed E-state index contributed by atoms with van der Waals surface area (Å²) in [4.78, 5) is 54.1. The third kappa shape index (κ3) is 5.11. The number of ether oxygens (including phenoxy) is 3. The molecular weight excluding hydrogens is 516 g/mol. The number of esters is 3. The summed E-state index contributed by atoms with van der Waals surface area (Å²) in [6.45, 7) is 9.32. The summed E-state index contributed by atoms with van der Waals surface area (Å²) in [6, 6.07) is 9.19. The molecule has 5 rings (SSSR count). The van der Waals surface area contributed by atoms with E-state index in [9.17, 15) is 24.3 Å². The van der Waals surface area contributed by atoms with E-state index in [1.807, 2.05) is 49.1 Å². The number of nitrogens with zero attached hydrogens (tertiary/aromatic N) is 2. The van der Waals surface area contributed by atoms with Crippen molar-refractivity contribution in [2.75, 3.05) is 32.7 Å². The molecule has 0 bridgehead atoms. The first-order valence-corrected chi connectivity index (χ1v) is 14.3. The van der Waals surface area contributed by atoms with E-state index in [2.05, 4.69) is 4.90 Å².